The van der Waals surface area contributed by atoms with Gasteiger partial charge in [0.15, 0.2) is 0 Å². The first kappa shape index (κ1) is 9.39. The Hall–Kier alpha value is -0.700. The van der Waals surface area contributed by atoms with Gasteiger partial charge in [0.1, 0.15) is 0 Å². The summed E-state index contributed by atoms with van der Waals surface area (Å²) in [5.41, 5.74) is 0. The Morgan fingerprint density at radius 3 is 3.08 bits per heavy atom. The van der Waals surface area contributed by atoms with E-state index in [1.165, 1.54) is 0 Å². The second-order valence-corrected chi connectivity index (χ2v) is 3.16. The maximum Gasteiger partial charge on any atom is 0.235 e. The Kier molecular flexibility index (Phi) is 3.41. The van der Waals surface area contributed by atoms with E-state index in [0.717, 1.165) is 13.0 Å². The van der Waals surface area contributed by atoms with E-state index in [9.17, 15) is 4.79 Å². The van der Waals surface area contributed by atoms with E-state index in [4.69, 9.17) is 4.74 Å². The second-order valence-electron chi connectivity index (χ2n) is 3.16. The van der Waals surface area contributed by atoms with E-state index in [0.29, 0.717) is 12.6 Å². The van der Waals surface area contributed by atoms with Gasteiger partial charge in [0.25, 0.3) is 0 Å². The third kappa shape index (κ3) is 2.14. The Bertz CT molecular complexity index is 189. The van der Waals surface area contributed by atoms with Gasteiger partial charge in [-0.05, 0) is 13.5 Å². The number of ether oxygens (including phenoxy) is 1. The fourth-order valence-electron chi connectivity index (χ4n) is 1.61. The first-order valence-electron chi connectivity index (χ1n) is 4.04. The summed E-state index contributed by atoms with van der Waals surface area (Å²) in [6, 6.07) is 0.518. The number of carbonyl (C=O) groups excluding carboxylic acids is 1. The van der Waals surface area contributed by atoms with Crippen LogP contribution in [0.25, 0.3) is 0 Å². The molecule has 0 amide bonds. The molecule has 0 saturated carbocycles. The van der Waals surface area contributed by atoms with Crippen molar-refractivity contribution >= 4 is 6.08 Å². The fourth-order valence-corrected chi connectivity index (χ4v) is 1.61. The van der Waals surface area contributed by atoms with Gasteiger partial charge in [-0.1, -0.05) is 0 Å². The molecule has 68 valence electrons. The van der Waals surface area contributed by atoms with Crippen LogP contribution in [0.3, 0.4) is 0 Å². The molecule has 0 aromatic rings. The van der Waals surface area contributed by atoms with Crippen LogP contribution in [-0.2, 0) is 9.53 Å². The van der Waals surface area contributed by atoms with Gasteiger partial charge in [0.05, 0.1) is 12.6 Å². The number of rotatable bonds is 3. The highest BCUT2D eigenvalue weighted by molar-refractivity contribution is 5.33. The highest BCUT2D eigenvalue weighted by Crippen LogP contribution is 2.17. The summed E-state index contributed by atoms with van der Waals surface area (Å²) in [5, 5.41) is 0. The van der Waals surface area contributed by atoms with E-state index < -0.39 is 0 Å². The van der Waals surface area contributed by atoms with Crippen LogP contribution in [-0.4, -0.2) is 50.4 Å². The predicted molar refractivity (Wildman–Crippen MR) is 44.8 cm³/mol. The summed E-state index contributed by atoms with van der Waals surface area (Å²) in [7, 11) is 3.70. The number of likely N-dealkylation sites (tertiary alicyclic amines) is 1. The van der Waals surface area contributed by atoms with Crippen LogP contribution in [0.15, 0.2) is 4.99 Å². The molecule has 0 aliphatic carbocycles. The Morgan fingerprint density at radius 2 is 2.50 bits per heavy atom. The molecule has 4 nitrogen and oxygen atoms in total. The van der Waals surface area contributed by atoms with Crippen LogP contribution in [0.2, 0.25) is 0 Å². The molecule has 4 heteroatoms. The molecule has 1 fully saturated rings. The Labute approximate surface area is 72.2 Å². The summed E-state index contributed by atoms with van der Waals surface area (Å²) in [6.07, 6.45) is 2.50. The summed E-state index contributed by atoms with van der Waals surface area (Å²) in [4.78, 5) is 15.9. The molecular formula is C8H14N2O2. The Morgan fingerprint density at radius 1 is 1.75 bits per heavy atom. The first-order valence-corrected chi connectivity index (χ1v) is 4.04. The number of nitrogens with zero attached hydrogens (tertiary/aromatic N) is 2. The lowest BCUT2D eigenvalue weighted by atomic mass is 10.2. The Balaban J connectivity index is 2.44. The van der Waals surface area contributed by atoms with Crippen LogP contribution >= 0.6 is 0 Å². The zero-order valence-corrected chi connectivity index (χ0v) is 7.49. The minimum absolute atomic E-state index is 0.118. The second kappa shape index (κ2) is 4.36. The molecule has 0 aromatic carbocycles. The van der Waals surface area contributed by atoms with Gasteiger partial charge in [-0.25, -0.2) is 9.79 Å². The zero-order chi connectivity index (χ0) is 8.97. The van der Waals surface area contributed by atoms with Crippen LogP contribution in [0.4, 0.5) is 0 Å². The van der Waals surface area contributed by atoms with Gasteiger partial charge in [-0.2, -0.15) is 0 Å². The number of likely N-dealkylation sites (N-methyl/N-ethyl adjacent to an activating group) is 1. The summed E-state index contributed by atoms with van der Waals surface area (Å²) in [5.74, 6) is 0. The third-order valence-corrected chi connectivity index (χ3v) is 2.26. The number of hydrogen-bond donors (Lipinski definition) is 0. The van der Waals surface area contributed by atoms with Crippen molar-refractivity contribution in [3.8, 4) is 0 Å². The molecule has 1 aliphatic rings. The van der Waals surface area contributed by atoms with Gasteiger partial charge in [-0.15, -0.1) is 0 Å². The molecule has 2 unspecified atom stereocenters. The fraction of sp³-hybridized carbons (Fsp3) is 0.875. The minimum Gasteiger partial charge on any atom is -0.383 e. The van der Waals surface area contributed by atoms with E-state index in [-0.39, 0.29) is 6.04 Å². The molecule has 1 rings (SSSR count). The van der Waals surface area contributed by atoms with Crippen molar-refractivity contribution in [2.75, 3.05) is 27.3 Å². The lowest BCUT2D eigenvalue weighted by Crippen LogP contribution is -2.28. The molecule has 0 aromatic heterocycles. The van der Waals surface area contributed by atoms with Crippen LogP contribution < -0.4 is 0 Å². The van der Waals surface area contributed by atoms with Crippen molar-refractivity contribution < 1.29 is 9.53 Å². The molecule has 1 heterocycles. The molecule has 1 saturated heterocycles. The highest BCUT2D eigenvalue weighted by atomic mass is 16.5. The smallest absolute Gasteiger partial charge is 0.235 e. The lowest BCUT2D eigenvalue weighted by molar-refractivity contribution is 0.129. The molecule has 0 spiro atoms. The quantitative estimate of drug-likeness (QED) is 0.443. The molecule has 0 N–H and O–H groups in total. The van der Waals surface area contributed by atoms with E-state index in [1.54, 1.807) is 13.2 Å². The van der Waals surface area contributed by atoms with Gasteiger partial charge in [-0.3, -0.25) is 4.90 Å². The number of methoxy groups -OCH3 is 1. The normalized spacial score (nSPS) is 30.2. The van der Waals surface area contributed by atoms with Crippen molar-refractivity contribution in [1.29, 1.82) is 0 Å². The van der Waals surface area contributed by atoms with Crippen LogP contribution in [0.5, 0.6) is 0 Å². The van der Waals surface area contributed by atoms with Crippen molar-refractivity contribution in [2.24, 2.45) is 4.99 Å². The summed E-state index contributed by atoms with van der Waals surface area (Å²) in [6.45, 7) is 1.55. The van der Waals surface area contributed by atoms with Crippen LogP contribution in [0, 0.1) is 0 Å². The largest absolute Gasteiger partial charge is 0.383 e. The number of aliphatic imine (C=N–C) groups is 1. The molecule has 1 aliphatic heterocycles. The van der Waals surface area contributed by atoms with Crippen molar-refractivity contribution in [3.05, 3.63) is 0 Å². The average Bonchev–Trinajstić information content (AvgIpc) is 2.34. The highest BCUT2D eigenvalue weighted by Gasteiger charge is 2.28. The first-order chi connectivity index (χ1) is 5.77. The van der Waals surface area contributed by atoms with Gasteiger partial charge >= 0.3 is 0 Å². The van der Waals surface area contributed by atoms with Gasteiger partial charge in [0, 0.05) is 19.7 Å². The summed E-state index contributed by atoms with van der Waals surface area (Å²) < 4.78 is 5.04. The molecule has 2 atom stereocenters. The van der Waals surface area contributed by atoms with Crippen LogP contribution in [0.1, 0.15) is 6.42 Å². The molecular weight excluding hydrogens is 156 g/mol. The maximum atomic E-state index is 9.99. The molecule has 0 radical (unpaired) electrons. The standard InChI is InChI=1S/C8H14N2O2/c1-10-4-7(9-6-11)3-8(10)5-12-2/h7-8H,3-5H2,1-2H3. The van der Waals surface area contributed by atoms with Crippen molar-refractivity contribution in [2.45, 2.75) is 18.5 Å². The van der Waals surface area contributed by atoms with Crippen molar-refractivity contribution in [1.82, 2.24) is 4.90 Å². The van der Waals surface area contributed by atoms with Gasteiger partial charge in [0.2, 0.25) is 6.08 Å². The SMILES string of the molecule is COCC1CC(N=C=O)CN1C. The predicted octanol–water partition coefficient (Wildman–Crippen LogP) is 0.0413. The number of hydrogen-bond acceptors (Lipinski definition) is 4. The van der Waals surface area contributed by atoms with Crippen molar-refractivity contribution in [3.63, 3.8) is 0 Å². The van der Waals surface area contributed by atoms with Gasteiger partial charge < -0.3 is 4.74 Å². The van der Waals surface area contributed by atoms with E-state index in [2.05, 4.69) is 9.89 Å². The topological polar surface area (TPSA) is 41.9 Å². The van der Waals surface area contributed by atoms with E-state index >= 15 is 0 Å². The molecule has 12 heavy (non-hydrogen) atoms. The average molecular weight is 170 g/mol. The lowest BCUT2D eigenvalue weighted by Gasteiger charge is -2.16. The monoisotopic (exact) mass is 170 g/mol. The van der Waals surface area contributed by atoms with E-state index in [1.807, 2.05) is 7.05 Å². The molecule has 0 bridgehead atoms. The summed E-state index contributed by atoms with van der Waals surface area (Å²) >= 11 is 0. The maximum absolute atomic E-state index is 9.99. The zero-order valence-electron chi connectivity index (χ0n) is 7.49. The third-order valence-electron chi connectivity index (χ3n) is 2.26. The number of isocyanates is 1. The minimum atomic E-state index is 0.118.